The molecule has 0 aliphatic carbocycles. The van der Waals surface area contributed by atoms with Crippen molar-refractivity contribution in [1.82, 2.24) is 24.4 Å². The van der Waals surface area contributed by atoms with Crippen LogP contribution in [-0.2, 0) is 11.8 Å². The van der Waals surface area contributed by atoms with Crippen LogP contribution < -0.4 is 25.0 Å². The first kappa shape index (κ1) is 28.8. The molecule has 0 spiro atoms. The van der Waals surface area contributed by atoms with E-state index in [0.717, 1.165) is 23.2 Å². The van der Waals surface area contributed by atoms with Gasteiger partial charge >= 0.3 is 0 Å². The maximum absolute atomic E-state index is 12.3. The third kappa shape index (κ3) is 6.21. The van der Waals surface area contributed by atoms with Gasteiger partial charge in [-0.05, 0) is 32.3 Å². The summed E-state index contributed by atoms with van der Waals surface area (Å²) in [6.45, 7) is 5.10. The van der Waals surface area contributed by atoms with E-state index < -0.39 is 0 Å². The summed E-state index contributed by atoms with van der Waals surface area (Å²) in [6, 6.07) is 9.43. The summed E-state index contributed by atoms with van der Waals surface area (Å²) in [4.78, 5) is 30.0. The Morgan fingerprint density at radius 2 is 1.93 bits per heavy atom. The van der Waals surface area contributed by atoms with E-state index in [1.165, 1.54) is 12.3 Å². The van der Waals surface area contributed by atoms with Crippen molar-refractivity contribution in [2.75, 3.05) is 64.0 Å². The maximum Gasteiger partial charge on any atom is 0.247 e. The second kappa shape index (κ2) is 12.4. The van der Waals surface area contributed by atoms with E-state index in [0.29, 0.717) is 46.5 Å². The Labute approximate surface area is 238 Å². The molecule has 41 heavy (non-hydrogen) atoms. The Bertz CT molecular complexity index is 1640. The topological polar surface area (TPSA) is 133 Å². The van der Waals surface area contributed by atoms with Gasteiger partial charge in [-0.2, -0.15) is 10.2 Å². The number of benzene rings is 1. The molecule has 0 atom stereocenters. The number of ether oxygens (including phenoxy) is 2. The first-order valence-corrected chi connectivity index (χ1v) is 12.7. The van der Waals surface area contributed by atoms with Gasteiger partial charge in [0.15, 0.2) is 0 Å². The summed E-state index contributed by atoms with van der Waals surface area (Å²) in [5, 5.41) is 16.7. The highest BCUT2D eigenvalue weighted by Gasteiger charge is 2.19. The van der Waals surface area contributed by atoms with Gasteiger partial charge in [0.1, 0.15) is 17.5 Å². The summed E-state index contributed by atoms with van der Waals surface area (Å²) in [6.07, 6.45) is 4.55. The number of pyridine rings is 1. The monoisotopic (exact) mass is 555 g/mol. The molecule has 3 heterocycles. The molecule has 12 heteroatoms. The molecule has 4 rings (SSSR count). The fraction of sp³-hybridized carbons (Fsp3) is 0.276. The molecule has 0 fully saturated rings. The van der Waals surface area contributed by atoms with Crippen LogP contribution in [0.2, 0.25) is 0 Å². The number of fused-ring (bicyclic) bond motifs is 1. The van der Waals surface area contributed by atoms with Crippen molar-refractivity contribution >= 4 is 40.0 Å². The van der Waals surface area contributed by atoms with Crippen molar-refractivity contribution < 1.29 is 14.3 Å². The van der Waals surface area contributed by atoms with Crippen molar-refractivity contribution in [1.29, 1.82) is 5.26 Å². The number of amides is 1. The number of hydrogen-bond donors (Lipinski definition) is 2. The van der Waals surface area contributed by atoms with Gasteiger partial charge in [0.2, 0.25) is 17.7 Å². The highest BCUT2D eigenvalue weighted by molar-refractivity contribution is 6.02. The van der Waals surface area contributed by atoms with Gasteiger partial charge in [-0.15, -0.1) is 0 Å². The molecule has 0 saturated carbocycles. The minimum Gasteiger partial charge on any atom is -0.494 e. The van der Waals surface area contributed by atoms with Crippen LogP contribution in [0.5, 0.6) is 11.6 Å². The van der Waals surface area contributed by atoms with Crippen LogP contribution in [0.1, 0.15) is 5.56 Å². The lowest BCUT2D eigenvalue weighted by molar-refractivity contribution is -0.111. The van der Waals surface area contributed by atoms with E-state index in [2.05, 4.69) is 38.1 Å². The van der Waals surface area contributed by atoms with Crippen molar-refractivity contribution in [3.05, 3.63) is 54.9 Å². The Hall–Kier alpha value is -5.15. The minimum absolute atomic E-state index is 0.241. The van der Waals surface area contributed by atoms with Crippen molar-refractivity contribution in [2.45, 2.75) is 0 Å². The average molecular weight is 556 g/mol. The summed E-state index contributed by atoms with van der Waals surface area (Å²) in [5.74, 6) is 0.897. The molecule has 0 aliphatic rings. The summed E-state index contributed by atoms with van der Waals surface area (Å²) in [7, 11) is 10.9. The third-order valence-corrected chi connectivity index (χ3v) is 6.47. The molecule has 0 unspecified atom stereocenters. The van der Waals surface area contributed by atoms with E-state index in [-0.39, 0.29) is 11.9 Å². The van der Waals surface area contributed by atoms with Crippen molar-refractivity contribution in [3.8, 4) is 29.0 Å². The number of likely N-dealkylation sites (N-methyl/N-ethyl adjacent to an activating group) is 2. The van der Waals surface area contributed by atoms with Crippen LogP contribution in [0.15, 0.2) is 49.3 Å². The molecule has 1 aromatic carbocycles. The van der Waals surface area contributed by atoms with Crippen LogP contribution in [0, 0.1) is 11.3 Å². The Balaban J connectivity index is 1.78. The van der Waals surface area contributed by atoms with Crippen molar-refractivity contribution in [2.24, 2.45) is 7.05 Å². The van der Waals surface area contributed by atoms with E-state index in [1.54, 1.807) is 26.4 Å². The number of hydrogen-bond acceptors (Lipinski definition) is 10. The predicted octanol–water partition coefficient (Wildman–Crippen LogP) is 3.79. The number of nitrogens with zero attached hydrogens (tertiary/aromatic N) is 7. The van der Waals surface area contributed by atoms with Crippen LogP contribution in [0.3, 0.4) is 0 Å². The molecule has 1 amide bonds. The highest BCUT2D eigenvalue weighted by atomic mass is 16.5. The summed E-state index contributed by atoms with van der Waals surface area (Å²) < 4.78 is 12.8. The van der Waals surface area contributed by atoms with E-state index >= 15 is 0 Å². The summed E-state index contributed by atoms with van der Waals surface area (Å²) >= 11 is 0. The Kier molecular flexibility index (Phi) is 8.69. The number of nitriles is 1. The molecule has 0 aliphatic heterocycles. The van der Waals surface area contributed by atoms with E-state index in [9.17, 15) is 10.1 Å². The molecule has 4 aromatic rings. The number of nitrogens with one attached hydrogen (secondary N) is 2. The van der Waals surface area contributed by atoms with E-state index in [4.69, 9.17) is 14.5 Å². The molecular weight excluding hydrogens is 522 g/mol. The molecule has 0 saturated heterocycles. The predicted molar refractivity (Wildman–Crippen MR) is 160 cm³/mol. The molecule has 0 bridgehead atoms. The van der Waals surface area contributed by atoms with Gasteiger partial charge in [-0.1, -0.05) is 6.58 Å². The standard InChI is InChI=1S/C29H33N9O3/c1-8-25(39)32-21-13-22(24(40-6)14-23(21)37(4)12-11-36(2)3)33-29-31-16-18(15-30)27(35-29)20-17-38(5)28-19(20)9-10-26(34-28)41-7/h8-10,13-14,16-17H,1,11-12H2,2-7H3,(H,32,39)(H,31,33,35). The molecule has 0 radical (unpaired) electrons. The van der Waals surface area contributed by atoms with Crippen LogP contribution in [0.4, 0.5) is 23.0 Å². The lowest BCUT2D eigenvalue weighted by Crippen LogP contribution is -2.29. The van der Waals surface area contributed by atoms with Gasteiger partial charge in [-0.25, -0.2) is 9.97 Å². The van der Waals surface area contributed by atoms with Crippen molar-refractivity contribution in [3.63, 3.8) is 0 Å². The largest absolute Gasteiger partial charge is 0.494 e. The molecule has 2 N–H and O–H groups in total. The van der Waals surface area contributed by atoms with Gasteiger partial charge < -0.3 is 34.5 Å². The molecular formula is C29H33N9O3. The minimum atomic E-state index is -0.346. The SMILES string of the molecule is C=CC(=O)Nc1cc(Nc2ncc(C#N)c(-c3cn(C)c4nc(OC)ccc34)n2)c(OC)cc1N(C)CCN(C)C. The van der Waals surface area contributed by atoms with Gasteiger partial charge in [-0.3, -0.25) is 4.79 Å². The van der Waals surface area contributed by atoms with Gasteiger partial charge in [0.25, 0.3) is 0 Å². The van der Waals surface area contributed by atoms with Crippen LogP contribution in [0.25, 0.3) is 22.3 Å². The molecule has 12 nitrogen and oxygen atoms in total. The number of carbonyl (C=O) groups excluding carboxylic acids is 1. The number of rotatable bonds is 11. The second-order valence-corrected chi connectivity index (χ2v) is 9.56. The number of carbonyl (C=O) groups is 1. The number of methoxy groups -OCH3 is 2. The smallest absolute Gasteiger partial charge is 0.247 e. The van der Waals surface area contributed by atoms with Crippen LogP contribution >= 0.6 is 0 Å². The fourth-order valence-electron chi connectivity index (χ4n) is 4.29. The zero-order chi connectivity index (χ0) is 29.7. The van der Waals surface area contributed by atoms with E-state index in [1.807, 2.05) is 56.0 Å². The molecule has 212 valence electrons. The Morgan fingerprint density at radius 1 is 1.15 bits per heavy atom. The fourth-order valence-corrected chi connectivity index (χ4v) is 4.29. The Morgan fingerprint density at radius 3 is 2.59 bits per heavy atom. The number of aryl methyl sites for hydroxylation is 1. The van der Waals surface area contributed by atoms with Gasteiger partial charge in [0, 0.05) is 56.5 Å². The zero-order valence-corrected chi connectivity index (χ0v) is 24.0. The number of anilines is 4. The molecule has 3 aromatic heterocycles. The first-order chi connectivity index (χ1) is 19.7. The number of aromatic nitrogens is 4. The second-order valence-electron chi connectivity index (χ2n) is 9.56. The zero-order valence-electron chi connectivity index (χ0n) is 24.0. The first-order valence-electron chi connectivity index (χ1n) is 12.7. The lowest BCUT2D eigenvalue weighted by atomic mass is 10.1. The maximum atomic E-state index is 12.3. The normalized spacial score (nSPS) is 10.8. The highest BCUT2D eigenvalue weighted by Crippen LogP contribution is 2.38. The van der Waals surface area contributed by atoms with Crippen LogP contribution in [-0.4, -0.2) is 78.8 Å². The third-order valence-electron chi connectivity index (χ3n) is 6.47. The quantitative estimate of drug-likeness (QED) is 0.263. The summed E-state index contributed by atoms with van der Waals surface area (Å²) in [5.41, 5.74) is 4.02. The average Bonchev–Trinajstić information content (AvgIpc) is 3.31. The lowest BCUT2D eigenvalue weighted by Gasteiger charge is -2.26. The van der Waals surface area contributed by atoms with Gasteiger partial charge in [0.05, 0.1) is 48.7 Å².